The highest BCUT2D eigenvalue weighted by Gasteiger charge is 2.18. The van der Waals surface area contributed by atoms with Gasteiger partial charge in [-0.25, -0.2) is 0 Å². The van der Waals surface area contributed by atoms with E-state index in [4.69, 9.17) is 0 Å². The Hall–Kier alpha value is -1.39. The first kappa shape index (κ1) is 15.0. The molecule has 1 aliphatic rings. The number of nitrogens with one attached hydrogen (secondary N) is 2. The van der Waals surface area contributed by atoms with Crippen molar-refractivity contribution in [2.45, 2.75) is 32.7 Å². The fourth-order valence-corrected chi connectivity index (χ4v) is 2.66. The average Bonchev–Trinajstić information content (AvgIpc) is 2.38. The average molecular weight is 275 g/mol. The van der Waals surface area contributed by atoms with Crippen LogP contribution in [0.1, 0.15) is 32.3 Å². The second kappa shape index (κ2) is 6.86. The largest absolute Gasteiger partial charge is 0.325 e. The maximum atomic E-state index is 12.2. The van der Waals surface area contributed by atoms with Crippen LogP contribution in [0.25, 0.3) is 0 Å². The molecule has 1 heterocycles. The molecule has 1 aromatic carbocycles. The first-order valence-electron chi connectivity index (χ1n) is 7.40. The van der Waals surface area contributed by atoms with E-state index in [1.807, 2.05) is 18.2 Å². The number of amides is 1. The van der Waals surface area contributed by atoms with Crippen molar-refractivity contribution in [3.05, 3.63) is 29.8 Å². The van der Waals surface area contributed by atoms with E-state index >= 15 is 0 Å². The van der Waals surface area contributed by atoms with Gasteiger partial charge in [0.1, 0.15) is 0 Å². The predicted octanol–water partition coefficient (Wildman–Crippen LogP) is 2.04. The Morgan fingerprint density at radius 1 is 1.45 bits per heavy atom. The van der Waals surface area contributed by atoms with Crippen LogP contribution in [0.2, 0.25) is 0 Å². The maximum Gasteiger partial charge on any atom is 0.238 e. The highest BCUT2D eigenvalue weighted by atomic mass is 16.2. The lowest BCUT2D eigenvalue weighted by molar-refractivity contribution is -0.117. The minimum atomic E-state index is 0.0761. The number of piperazine rings is 1. The molecule has 0 unspecified atom stereocenters. The topological polar surface area (TPSA) is 44.4 Å². The summed E-state index contributed by atoms with van der Waals surface area (Å²) in [6.45, 7) is 9.72. The number of carbonyl (C=O) groups is 1. The molecule has 1 saturated heterocycles. The van der Waals surface area contributed by atoms with Crippen LogP contribution in [0.4, 0.5) is 5.69 Å². The van der Waals surface area contributed by atoms with Crippen molar-refractivity contribution in [3.63, 3.8) is 0 Å². The van der Waals surface area contributed by atoms with Gasteiger partial charge in [-0.2, -0.15) is 0 Å². The van der Waals surface area contributed by atoms with Gasteiger partial charge in [-0.3, -0.25) is 9.69 Å². The van der Waals surface area contributed by atoms with Crippen LogP contribution in [-0.2, 0) is 4.79 Å². The molecule has 1 atom stereocenters. The van der Waals surface area contributed by atoms with Gasteiger partial charge >= 0.3 is 0 Å². The molecule has 20 heavy (non-hydrogen) atoms. The summed E-state index contributed by atoms with van der Waals surface area (Å²) in [5, 5.41) is 6.44. The molecular weight excluding hydrogens is 250 g/mol. The fraction of sp³-hybridized carbons (Fsp3) is 0.562. The van der Waals surface area contributed by atoms with Crippen LogP contribution < -0.4 is 10.6 Å². The number of benzene rings is 1. The zero-order chi connectivity index (χ0) is 14.5. The molecule has 0 radical (unpaired) electrons. The summed E-state index contributed by atoms with van der Waals surface area (Å²) in [5.41, 5.74) is 2.13. The minimum absolute atomic E-state index is 0.0761. The van der Waals surface area contributed by atoms with Crippen LogP contribution in [0.15, 0.2) is 24.3 Å². The molecule has 2 rings (SSSR count). The summed E-state index contributed by atoms with van der Waals surface area (Å²) < 4.78 is 0. The third-order valence-electron chi connectivity index (χ3n) is 3.68. The molecule has 4 nitrogen and oxygen atoms in total. The number of hydrogen-bond donors (Lipinski definition) is 2. The van der Waals surface area contributed by atoms with Crippen molar-refractivity contribution in [3.8, 4) is 0 Å². The van der Waals surface area contributed by atoms with Crippen LogP contribution >= 0.6 is 0 Å². The van der Waals surface area contributed by atoms with Gasteiger partial charge in [0.15, 0.2) is 0 Å². The number of hydrogen-bond acceptors (Lipinski definition) is 3. The number of rotatable bonds is 4. The van der Waals surface area contributed by atoms with Gasteiger partial charge in [0.2, 0.25) is 5.91 Å². The van der Waals surface area contributed by atoms with Gasteiger partial charge in [0.05, 0.1) is 6.54 Å². The Bertz CT molecular complexity index is 459. The van der Waals surface area contributed by atoms with E-state index in [0.717, 1.165) is 25.3 Å². The zero-order valence-electron chi connectivity index (χ0n) is 12.6. The smallest absolute Gasteiger partial charge is 0.238 e. The molecule has 0 aliphatic carbocycles. The molecule has 0 spiro atoms. The Kier molecular flexibility index (Phi) is 5.15. The summed E-state index contributed by atoms with van der Waals surface area (Å²) in [4.78, 5) is 14.4. The molecule has 1 aliphatic heterocycles. The second-order valence-corrected chi connectivity index (χ2v) is 5.88. The lowest BCUT2D eigenvalue weighted by atomic mass is 10.0. The standard InChI is InChI=1S/C16H25N3O/c1-12(2)14-6-4-5-7-15(14)18-16(20)11-19-9-8-17-13(3)10-19/h4-7,12-13,17H,8-11H2,1-3H3,(H,18,20)/t13-/m1/s1. The summed E-state index contributed by atoms with van der Waals surface area (Å²) in [6, 6.07) is 8.50. The third kappa shape index (κ3) is 4.05. The Balaban J connectivity index is 1.94. The van der Waals surface area contributed by atoms with Crippen molar-refractivity contribution in [1.29, 1.82) is 0 Å². The van der Waals surface area contributed by atoms with Crippen molar-refractivity contribution in [2.24, 2.45) is 0 Å². The van der Waals surface area contributed by atoms with Gasteiger partial charge in [-0.15, -0.1) is 0 Å². The van der Waals surface area contributed by atoms with E-state index in [2.05, 4.69) is 42.4 Å². The van der Waals surface area contributed by atoms with Crippen LogP contribution in [-0.4, -0.2) is 43.0 Å². The number of para-hydroxylation sites is 1. The van der Waals surface area contributed by atoms with E-state index in [9.17, 15) is 4.79 Å². The number of anilines is 1. The normalized spacial score (nSPS) is 20.1. The molecule has 1 amide bonds. The third-order valence-corrected chi connectivity index (χ3v) is 3.68. The monoisotopic (exact) mass is 275 g/mol. The number of carbonyl (C=O) groups excluding carboxylic acids is 1. The second-order valence-electron chi connectivity index (χ2n) is 5.88. The van der Waals surface area contributed by atoms with Gasteiger partial charge in [-0.05, 0) is 24.5 Å². The molecule has 1 fully saturated rings. The van der Waals surface area contributed by atoms with E-state index in [-0.39, 0.29) is 5.91 Å². The quantitative estimate of drug-likeness (QED) is 0.884. The van der Waals surface area contributed by atoms with Crippen LogP contribution in [0.5, 0.6) is 0 Å². The molecule has 4 heteroatoms. The summed E-state index contributed by atoms with van der Waals surface area (Å²) >= 11 is 0. The lowest BCUT2D eigenvalue weighted by Crippen LogP contribution is -2.51. The van der Waals surface area contributed by atoms with Gasteiger partial charge in [0, 0.05) is 31.4 Å². The molecule has 0 aromatic heterocycles. The minimum Gasteiger partial charge on any atom is -0.325 e. The number of nitrogens with zero attached hydrogens (tertiary/aromatic N) is 1. The van der Waals surface area contributed by atoms with Crippen molar-refractivity contribution < 1.29 is 4.79 Å². The van der Waals surface area contributed by atoms with Gasteiger partial charge < -0.3 is 10.6 Å². The van der Waals surface area contributed by atoms with Gasteiger partial charge in [-0.1, -0.05) is 32.0 Å². The predicted molar refractivity (Wildman–Crippen MR) is 83.1 cm³/mol. The van der Waals surface area contributed by atoms with Crippen LogP contribution in [0, 0.1) is 0 Å². The summed E-state index contributed by atoms with van der Waals surface area (Å²) in [5.74, 6) is 0.484. The Morgan fingerprint density at radius 3 is 2.90 bits per heavy atom. The van der Waals surface area contributed by atoms with E-state index < -0.39 is 0 Å². The first-order chi connectivity index (χ1) is 9.56. The molecule has 110 valence electrons. The maximum absolute atomic E-state index is 12.2. The fourth-order valence-electron chi connectivity index (χ4n) is 2.66. The molecular formula is C16H25N3O. The Morgan fingerprint density at radius 2 is 2.20 bits per heavy atom. The molecule has 0 saturated carbocycles. The molecule has 0 bridgehead atoms. The first-order valence-corrected chi connectivity index (χ1v) is 7.40. The van der Waals surface area contributed by atoms with Crippen molar-refractivity contribution >= 4 is 11.6 Å². The Labute approximate surface area is 121 Å². The zero-order valence-corrected chi connectivity index (χ0v) is 12.6. The lowest BCUT2D eigenvalue weighted by Gasteiger charge is -2.31. The van der Waals surface area contributed by atoms with E-state index in [0.29, 0.717) is 18.5 Å². The molecule has 2 N–H and O–H groups in total. The van der Waals surface area contributed by atoms with Gasteiger partial charge in [0.25, 0.3) is 0 Å². The highest BCUT2D eigenvalue weighted by Crippen LogP contribution is 2.23. The molecule has 1 aromatic rings. The highest BCUT2D eigenvalue weighted by molar-refractivity contribution is 5.93. The van der Waals surface area contributed by atoms with E-state index in [1.165, 1.54) is 5.56 Å². The van der Waals surface area contributed by atoms with Crippen LogP contribution in [0.3, 0.4) is 0 Å². The van der Waals surface area contributed by atoms with E-state index in [1.54, 1.807) is 0 Å². The summed E-state index contributed by atoms with van der Waals surface area (Å²) in [6.07, 6.45) is 0. The SMILES string of the molecule is CC(C)c1ccccc1NC(=O)CN1CCN[C@H](C)C1. The van der Waals surface area contributed by atoms with Crippen molar-refractivity contribution in [1.82, 2.24) is 10.2 Å². The van der Waals surface area contributed by atoms with Crippen molar-refractivity contribution in [2.75, 3.05) is 31.5 Å². The summed E-state index contributed by atoms with van der Waals surface area (Å²) in [7, 11) is 0.